The van der Waals surface area contributed by atoms with Gasteiger partial charge in [0, 0.05) is 6.04 Å². The fourth-order valence-corrected chi connectivity index (χ4v) is 2.68. The van der Waals surface area contributed by atoms with Crippen LogP contribution in [-0.2, 0) is 4.74 Å². The lowest BCUT2D eigenvalue weighted by Gasteiger charge is -2.14. The number of carbonyl (C=O) groups excluding carboxylic acids is 1. The summed E-state index contributed by atoms with van der Waals surface area (Å²) in [6.07, 6.45) is 4.32. The van der Waals surface area contributed by atoms with Gasteiger partial charge in [-0.05, 0) is 45.4 Å². The maximum absolute atomic E-state index is 12.4. The molecule has 0 saturated heterocycles. The molecule has 0 amide bonds. The van der Waals surface area contributed by atoms with Crippen LogP contribution in [-0.4, -0.2) is 30.5 Å². The van der Waals surface area contributed by atoms with Crippen LogP contribution < -0.4 is 0 Å². The van der Waals surface area contributed by atoms with E-state index in [9.17, 15) is 4.79 Å². The van der Waals surface area contributed by atoms with E-state index in [-0.39, 0.29) is 18.1 Å². The standard InChI is InChI=1S/C18H21N5O2/c1-12(2)23-13(3)17(9-20-23)18(24)25-14(4)15-5-7-16(8-6-15)22-11-19-10-21-22/h5-12,14H,1-4H3/t14-/m1/s1. The summed E-state index contributed by atoms with van der Waals surface area (Å²) in [5.74, 6) is -0.364. The van der Waals surface area contributed by atoms with E-state index in [1.165, 1.54) is 6.33 Å². The Hall–Kier alpha value is -2.96. The highest BCUT2D eigenvalue weighted by Gasteiger charge is 2.19. The van der Waals surface area contributed by atoms with E-state index in [1.807, 2.05) is 56.6 Å². The van der Waals surface area contributed by atoms with Gasteiger partial charge < -0.3 is 4.74 Å². The molecule has 0 radical (unpaired) electrons. The van der Waals surface area contributed by atoms with Gasteiger partial charge in [0.2, 0.25) is 0 Å². The molecule has 0 fully saturated rings. The smallest absolute Gasteiger partial charge is 0.342 e. The molecule has 2 heterocycles. The largest absolute Gasteiger partial charge is 0.454 e. The van der Waals surface area contributed by atoms with Crippen molar-refractivity contribution in [2.45, 2.75) is 39.8 Å². The van der Waals surface area contributed by atoms with E-state index < -0.39 is 0 Å². The molecule has 1 aromatic carbocycles. The molecule has 3 rings (SSSR count). The first-order valence-corrected chi connectivity index (χ1v) is 8.17. The Bertz CT molecular complexity index is 850. The van der Waals surface area contributed by atoms with Crippen LogP contribution in [0, 0.1) is 6.92 Å². The van der Waals surface area contributed by atoms with Gasteiger partial charge >= 0.3 is 5.97 Å². The fourth-order valence-electron chi connectivity index (χ4n) is 2.68. The molecule has 2 aromatic heterocycles. The van der Waals surface area contributed by atoms with E-state index in [0.717, 1.165) is 16.9 Å². The van der Waals surface area contributed by atoms with Crippen molar-refractivity contribution in [1.82, 2.24) is 24.5 Å². The number of benzene rings is 1. The molecule has 0 aliphatic heterocycles. The van der Waals surface area contributed by atoms with Gasteiger partial charge in [-0.15, -0.1) is 0 Å². The number of ether oxygens (including phenoxy) is 1. The summed E-state index contributed by atoms with van der Waals surface area (Å²) in [6.45, 7) is 7.77. The summed E-state index contributed by atoms with van der Waals surface area (Å²) in [4.78, 5) is 16.4. The first kappa shape index (κ1) is 16.9. The molecule has 7 heteroatoms. The molecule has 0 aliphatic rings. The van der Waals surface area contributed by atoms with E-state index in [1.54, 1.807) is 17.2 Å². The Kier molecular flexibility index (Phi) is 4.65. The number of hydrogen-bond acceptors (Lipinski definition) is 5. The van der Waals surface area contributed by atoms with E-state index in [4.69, 9.17) is 4.74 Å². The molecule has 3 aromatic rings. The number of carbonyl (C=O) groups is 1. The Morgan fingerprint density at radius 3 is 2.40 bits per heavy atom. The summed E-state index contributed by atoms with van der Waals surface area (Å²) < 4.78 is 9.08. The van der Waals surface area contributed by atoms with Gasteiger partial charge in [0.15, 0.2) is 0 Å². The highest BCUT2D eigenvalue weighted by Crippen LogP contribution is 2.22. The normalized spacial score (nSPS) is 12.4. The predicted octanol–water partition coefficient (Wildman–Crippen LogP) is 3.27. The molecule has 7 nitrogen and oxygen atoms in total. The van der Waals surface area contributed by atoms with Crippen molar-refractivity contribution >= 4 is 5.97 Å². The summed E-state index contributed by atoms with van der Waals surface area (Å²) in [7, 11) is 0. The maximum Gasteiger partial charge on any atom is 0.342 e. The third kappa shape index (κ3) is 3.45. The highest BCUT2D eigenvalue weighted by molar-refractivity contribution is 5.90. The zero-order valence-electron chi connectivity index (χ0n) is 14.7. The van der Waals surface area contributed by atoms with Gasteiger partial charge in [-0.2, -0.15) is 10.2 Å². The summed E-state index contributed by atoms with van der Waals surface area (Å²) in [5, 5.41) is 8.34. The predicted molar refractivity (Wildman–Crippen MR) is 92.5 cm³/mol. The summed E-state index contributed by atoms with van der Waals surface area (Å²) >= 11 is 0. The summed E-state index contributed by atoms with van der Waals surface area (Å²) in [6, 6.07) is 7.86. The van der Waals surface area contributed by atoms with Crippen LogP contribution in [0.5, 0.6) is 0 Å². The van der Waals surface area contributed by atoms with Crippen LogP contribution in [0.3, 0.4) is 0 Å². The lowest BCUT2D eigenvalue weighted by molar-refractivity contribution is 0.0337. The number of esters is 1. The van der Waals surface area contributed by atoms with Crippen molar-refractivity contribution in [3.8, 4) is 5.69 Å². The van der Waals surface area contributed by atoms with Crippen LogP contribution in [0.2, 0.25) is 0 Å². The van der Waals surface area contributed by atoms with Gasteiger partial charge in [-0.3, -0.25) is 4.68 Å². The van der Waals surface area contributed by atoms with Gasteiger partial charge in [-0.1, -0.05) is 12.1 Å². The van der Waals surface area contributed by atoms with Crippen molar-refractivity contribution in [3.05, 3.63) is 59.9 Å². The van der Waals surface area contributed by atoms with E-state index >= 15 is 0 Å². The van der Waals surface area contributed by atoms with E-state index in [2.05, 4.69) is 15.2 Å². The molecule has 0 spiro atoms. The van der Waals surface area contributed by atoms with E-state index in [0.29, 0.717) is 5.56 Å². The number of rotatable bonds is 5. The fraction of sp³-hybridized carbons (Fsp3) is 0.333. The third-order valence-corrected chi connectivity index (χ3v) is 4.08. The van der Waals surface area contributed by atoms with Crippen molar-refractivity contribution in [2.24, 2.45) is 0 Å². The highest BCUT2D eigenvalue weighted by atomic mass is 16.5. The van der Waals surface area contributed by atoms with Gasteiger partial charge in [0.05, 0.1) is 17.6 Å². The minimum atomic E-state index is -0.364. The summed E-state index contributed by atoms with van der Waals surface area (Å²) in [5.41, 5.74) is 3.12. The Morgan fingerprint density at radius 1 is 1.12 bits per heavy atom. The van der Waals surface area contributed by atoms with Gasteiger partial charge in [-0.25, -0.2) is 14.5 Å². The second-order valence-corrected chi connectivity index (χ2v) is 6.16. The molecule has 0 unspecified atom stereocenters. The average molecular weight is 339 g/mol. The second kappa shape index (κ2) is 6.88. The Balaban J connectivity index is 1.71. The van der Waals surface area contributed by atoms with Crippen LogP contribution in [0.15, 0.2) is 43.1 Å². The topological polar surface area (TPSA) is 74.8 Å². The molecule has 0 saturated carbocycles. The second-order valence-electron chi connectivity index (χ2n) is 6.16. The van der Waals surface area contributed by atoms with Crippen molar-refractivity contribution in [2.75, 3.05) is 0 Å². The maximum atomic E-state index is 12.4. The minimum Gasteiger partial charge on any atom is -0.454 e. The molecule has 130 valence electrons. The van der Waals surface area contributed by atoms with Crippen molar-refractivity contribution in [1.29, 1.82) is 0 Å². The monoisotopic (exact) mass is 339 g/mol. The molecular formula is C18H21N5O2. The Labute approximate surface area is 146 Å². The zero-order chi connectivity index (χ0) is 18.0. The lowest BCUT2D eigenvalue weighted by atomic mass is 10.1. The van der Waals surface area contributed by atoms with Crippen LogP contribution >= 0.6 is 0 Å². The lowest BCUT2D eigenvalue weighted by Crippen LogP contribution is -2.11. The molecule has 1 atom stereocenters. The third-order valence-electron chi connectivity index (χ3n) is 4.08. The molecule has 0 aliphatic carbocycles. The molecule has 25 heavy (non-hydrogen) atoms. The molecular weight excluding hydrogens is 318 g/mol. The quantitative estimate of drug-likeness (QED) is 0.667. The van der Waals surface area contributed by atoms with Crippen LogP contribution in [0.25, 0.3) is 5.69 Å². The van der Waals surface area contributed by atoms with Gasteiger partial charge in [0.25, 0.3) is 0 Å². The van der Waals surface area contributed by atoms with Crippen LogP contribution in [0.4, 0.5) is 0 Å². The van der Waals surface area contributed by atoms with Gasteiger partial charge in [0.1, 0.15) is 24.3 Å². The first-order valence-electron chi connectivity index (χ1n) is 8.17. The SMILES string of the molecule is Cc1c(C(=O)O[C@H](C)c2ccc(-n3cncn3)cc2)cnn1C(C)C. The number of hydrogen-bond donors (Lipinski definition) is 0. The Morgan fingerprint density at radius 2 is 1.84 bits per heavy atom. The van der Waals surface area contributed by atoms with Crippen molar-refractivity contribution in [3.63, 3.8) is 0 Å². The average Bonchev–Trinajstić information content (AvgIpc) is 3.24. The minimum absolute atomic E-state index is 0.198. The first-order chi connectivity index (χ1) is 12.0. The molecule has 0 N–H and O–H groups in total. The van der Waals surface area contributed by atoms with Crippen LogP contribution in [0.1, 0.15) is 54.5 Å². The molecule has 0 bridgehead atoms. The zero-order valence-corrected chi connectivity index (χ0v) is 14.7. The van der Waals surface area contributed by atoms with Crippen molar-refractivity contribution < 1.29 is 9.53 Å². The number of nitrogens with zero attached hydrogens (tertiary/aromatic N) is 5. The number of aromatic nitrogens is 5.